The number of hydrogen-bond acceptors (Lipinski definition) is 4. The molecule has 0 bridgehead atoms. The van der Waals surface area contributed by atoms with E-state index < -0.39 is 5.97 Å². The Kier molecular flexibility index (Phi) is 5.42. The third-order valence-electron chi connectivity index (χ3n) is 4.66. The zero-order valence-electron chi connectivity index (χ0n) is 15.4. The SMILES string of the molecule is CCOC(=O)c1c(C)[nH]c(C(=O)N2CCOC(c3ccccc3)C2)c1C. The van der Waals surface area contributed by atoms with Crippen molar-refractivity contribution < 1.29 is 19.1 Å². The van der Waals surface area contributed by atoms with Gasteiger partial charge in [0.2, 0.25) is 0 Å². The number of hydrogen-bond donors (Lipinski definition) is 1. The van der Waals surface area contributed by atoms with Crippen molar-refractivity contribution in [3.8, 4) is 0 Å². The van der Waals surface area contributed by atoms with Gasteiger partial charge in [-0.25, -0.2) is 4.79 Å². The molecule has 0 radical (unpaired) electrons. The Hall–Kier alpha value is -2.60. The molecule has 2 aromatic rings. The molecule has 1 atom stereocenters. The van der Waals surface area contributed by atoms with Gasteiger partial charge in [0.1, 0.15) is 11.8 Å². The molecule has 1 aliphatic heterocycles. The molecule has 138 valence electrons. The lowest BCUT2D eigenvalue weighted by atomic mass is 10.1. The standard InChI is InChI=1S/C20H24N2O4/c1-4-25-20(24)17-13(2)18(21-14(17)3)19(23)22-10-11-26-16(12-22)15-8-6-5-7-9-15/h5-9,16,21H,4,10-12H2,1-3H3. The first kappa shape index (κ1) is 18.2. The highest BCUT2D eigenvalue weighted by Gasteiger charge is 2.30. The van der Waals surface area contributed by atoms with Gasteiger partial charge >= 0.3 is 5.97 Å². The molecular formula is C20H24N2O4. The number of morpholine rings is 1. The molecule has 0 saturated carbocycles. The number of carbonyl (C=O) groups excluding carboxylic acids is 2. The molecule has 1 N–H and O–H groups in total. The number of amides is 1. The van der Waals surface area contributed by atoms with Gasteiger partial charge in [0.15, 0.2) is 0 Å². The zero-order valence-corrected chi connectivity index (χ0v) is 15.4. The van der Waals surface area contributed by atoms with Crippen LogP contribution in [0.4, 0.5) is 0 Å². The summed E-state index contributed by atoms with van der Waals surface area (Å²) in [5.41, 5.74) is 3.23. The quantitative estimate of drug-likeness (QED) is 0.855. The fraction of sp³-hybridized carbons (Fsp3) is 0.400. The third kappa shape index (κ3) is 3.51. The summed E-state index contributed by atoms with van der Waals surface area (Å²) in [6, 6.07) is 9.88. The second-order valence-electron chi connectivity index (χ2n) is 6.37. The number of aromatic nitrogens is 1. The van der Waals surface area contributed by atoms with E-state index in [4.69, 9.17) is 9.47 Å². The molecule has 26 heavy (non-hydrogen) atoms. The minimum atomic E-state index is -0.401. The zero-order chi connectivity index (χ0) is 18.7. The maximum Gasteiger partial charge on any atom is 0.340 e. The van der Waals surface area contributed by atoms with E-state index in [0.717, 1.165) is 5.56 Å². The van der Waals surface area contributed by atoms with Crippen LogP contribution in [0.5, 0.6) is 0 Å². The molecule has 1 aromatic carbocycles. The van der Waals surface area contributed by atoms with E-state index in [1.54, 1.807) is 25.7 Å². The van der Waals surface area contributed by atoms with Gasteiger partial charge in [0, 0.05) is 12.2 Å². The summed E-state index contributed by atoms with van der Waals surface area (Å²) >= 11 is 0. The van der Waals surface area contributed by atoms with Crippen LogP contribution in [0.2, 0.25) is 0 Å². The van der Waals surface area contributed by atoms with Crippen LogP contribution in [-0.2, 0) is 9.47 Å². The van der Waals surface area contributed by atoms with Crippen LogP contribution in [-0.4, -0.2) is 48.1 Å². The average molecular weight is 356 g/mol. The van der Waals surface area contributed by atoms with Gasteiger partial charge in [-0.05, 0) is 31.9 Å². The number of carbonyl (C=O) groups is 2. The van der Waals surface area contributed by atoms with Crippen LogP contribution < -0.4 is 0 Å². The molecule has 1 fully saturated rings. The number of H-pyrrole nitrogens is 1. The monoisotopic (exact) mass is 356 g/mol. The van der Waals surface area contributed by atoms with Crippen LogP contribution >= 0.6 is 0 Å². The Bertz CT molecular complexity index is 798. The van der Waals surface area contributed by atoms with E-state index in [2.05, 4.69) is 4.98 Å². The maximum atomic E-state index is 13.0. The number of esters is 1. The second kappa shape index (κ2) is 7.74. The van der Waals surface area contributed by atoms with Gasteiger partial charge in [-0.1, -0.05) is 30.3 Å². The van der Waals surface area contributed by atoms with Crippen molar-refractivity contribution in [1.29, 1.82) is 0 Å². The van der Waals surface area contributed by atoms with E-state index in [-0.39, 0.29) is 12.0 Å². The molecule has 2 heterocycles. The van der Waals surface area contributed by atoms with Crippen LogP contribution in [0.1, 0.15) is 50.7 Å². The molecule has 3 rings (SSSR count). The predicted molar refractivity (Wildman–Crippen MR) is 97.3 cm³/mol. The number of benzene rings is 1. The smallest absolute Gasteiger partial charge is 0.340 e. The highest BCUT2D eigenvalue weighted by Crippen LogP contribution is 2.25. The van der Waals surface area contributed by atoms with Crippen LogP contribution in [0.15, 0.2) is 30.3 Å². The molecule has 1 aliphatic rings. The maximum absolute atomic E-state index is 13.0. The molecule has 1 unspecified atom stereocenters. The Morgan fingerprint density at radius 3 is 2.69 bits per heavy atom. The molecule has 0 spiro atoms. The Balaban J connectivity index is 1.81. The molecule has 6 heteroatoms. The van der Waals surface area contributed by atoms with E-state index in [1.165, 1.54) is 0 Å². The number of aromatic amines is 1. The highest BCUT2D eigenvalue weighted by molar-refractivity contribution is 6.00. The Labute approximate surface area is 153 Å². The number of nitrogens with zero attached hydrogens (tertiary/aromatic N) is 1. The lowest BCUT2D eigenvalue weighted by Crippen LogP contribution is -2.42. The van der Waals surface area contributed by atoms with E-state index in [1.807, 2.05) is 30.3 Å². The molecular weight excluding hydrogens is 332 g/mol. The molecule has 6 nitrogen and oxygen atoms in total. The van der Waals surface area contributed by atoms with Gasteiger partial charge in [0.05, 0.1) is 25.3 Å². The first-order valence-corrected chi connectivity index (χ1v) is 8.85. The molecule has 1 amide bonds. The van der Waals surface area contributed by atoms with Gasteiger partial charge in [0.25, 0.3) is 5.91 Å². The number of aryl methyl sites for hydroxylation is 1. The normalized spacial score (nSPS) is 17.2. The summed E-state index contributed by atoms with van der Waals surface area (Å²) in [5, 5.41) is 0. The third-order valence-corrected chi connectivity index (χ3v) is 4.66. The van der Waals surface area contributed by atoms with Crippen molar-refractivity contribution in [2.75, 3.05) is 26.3 Å². The van der Waals surface area contributed by atoms with E-state index in [0.29, 0.717) is 48.8 Å². The molecule has 1 aromatic heterocycles. The number of nitrogens with one attached hydrogen (secondary N) is 1. The lowest BCUT2D eigenvalue weighted by Gasteiger charge is -2.33. The fourth-order valence-corrected chi connectivity index (χ4v) is 3.33. The summed E-state index contributed by atoms with van der Waals surface area (Å²) in [6.45, 7) is 7.10. The molecule has 1 saturated heterocycles. The molecule has 0 aliphatic carbocycles. The minimum absolute atomic E-state index is 0.120. The first-order valence-electron chi connectivity index (χ1n) is 8.85. The van der Waals surface area contributed by atoms with Crippen LogP contribution in [0, 0.1) is 13.8 Å². The van der Waals surface area contributed by atoms with Crippen molar-refractivity contribution in [2.24, 2.45) is 0 Å². The van der Waals surface area contributed by atoms with E-state index >= 15 is 0 Å². The fourth-order valence-electron chi connectivity index (χ4n) is 3.33. The van der Waals surface area contributed by atoms with E-state index in [9.17, 15) is 9.59 Å². The summed E-state index contributed by atoms with van der Waals surface area (Å²) in [6.07, 6.45) is -0.144. The van der Waals surface area contributed by atoms with Crippen molar-refractivity contribution in [3.05, 3.63) is 58.4 Å². The van der Waals surface area contributed by atoms with Gasteiger partial charge in [-0.3, -0.25) is 4.79 Å². The largest absolute Gasteiger partial charge is 0.462 e. The van der Waals surface area contributed by atoms with Crippen LogP contribution in [0.25, 0.3) is 0 Å². The van der Waals surface area contributed by atoms with Crippen LogP contribution in [0.3, 0.4) is 0 Å². The lowest BCUT2D eigenvalue weighted by molar-refractivity contribution is -0.0230. The topological polar surface area (TPSA) is 71.6 Å². The highest BCUT2D eigenvalue weighted by atomic mass is 16.5. The minimum Gasteiger partial charge on any atom is -0.462 e. The summed E-state index contributed by atoms with van der Waals surface area (Å²) in [5.74, 6) is -0.521. The summed E-state index contributed by atoms with van der Waals surface area (Å²) < 4.78 is 10.9. The average Bonchev–Trinajstić information content (AvgIpc) is 2.96. The number of ether oxygens (including phenoxy) is 2. The van der Waals surface area contributed by atoms with Crippen molar-refractivity contribution in [2.45, 2.75) is 26.9 Å². The Morgan fingerprint density at radius 2 is 2.00 bits per heavy atom. The number of rotatable bonds is 4. The summed E-state index contributed by atoms with van der Waals surface area (Å²) in [4.78, 5) is 30.0. The second-order valence-corrected chi connectivity index (χ2v) is 6.37. The van der Waals surface area contributed by atoms with Gasteiger partial charge in [-0.2, -0.15) is 0 Å². The van der Waals surface area contributed by atoms with Crippen molar-refractivity contribution >= 4 is 11.9 Å². The van der Waals surface area contributed by atoms with Gasteiger partial charge in [-0.15, -0.1) is 0 Å². The predicted octanol–water partition coefficient (Wildman–Crippen LogP) is 3.02. The van der Waals surface area contributed by atoms with Gasteiger partial charge < -0.3 is 19.4 Å². The first-order chi connectivity index (χ1) is 12.5. The van der Waals surface area contributed by atoms with Crippen molar-refractivity contribution in [3.63, 3.8) is 0 Å². The van der Waals surface area contributed by atoms with Crippen molar-refractivity contribution in [1.82, 2.24) is 9.88 Å². The Morgan fingerprint density at radius 1 is 1.27 bits per heavy atom. The summed E-state index contributed by atoms with van der Waals surface area (Å²) in [7, 11) is 0.